The maximum absolute atomic E-state index is 12.2. The Kier molecular flexibility index (Phi) is 4.88. The predicted molar refractivity (Wildman–Crippen MR) is 90.7 cm³/mol. The molecule has 0 fully saturated rings. The molecular formula is C19H19NO5. The Bertz CT molecular complexity index is 789. The van der Waals surface area contributed by atoms with Gasteiger partial charge >= 0.3 is 5.97 Å². The number of carbonyl (C=O) groups excluding carboxylic acids is 2. The quantitative estimate of drug-likeness (QED) is 0.643. The van der Waals surface area contributed by atoms with E-state index in [2.05, 4.69) is 0 Å². The van der Waals surface area contributed by atoms with Gasteiger partial charge in [0, 0.05) is 11.5 Å². The highest BCUT2D eigenvalue weighted by Gasteiger charge is 2.37. The minimum absolute atomic E-state index is 0.0505. The number of para-hydroxylation sites is 2. The van der Waals surface area contributed by atoms with E-state index in [9.17, 15) is 9.59 Å². The molecule has 130 valence electrons. The number of esters is 1. The summed E-state index contributed by atoms with van der Waals surface area (Å²) in [6, 6.07) is 14.2. The van der Waals surface area contributed by atoms with E-state index < -0.39 is 18.0 Å². The molecule has 2 atom stereocenters. The maximum atomic E-state index is 12.2. The molecule has 0 radical (unpaired) electrons. The Morgan fingerprint density at radius 1 is 1.08 bits per heavy atom. The van der Waals surface area contributed by atoms with Gasteiger partial charge in [-0.1, -0.05) is 37.3 Å². The van der Waals surface area contributed by atoms with Gasteiger partial charge in [-0.25, -0.2) is 4.79 Å². The Balaban J connectivity index is 1.51. The molecule has 2 aromatic carbocycles. The van der Waals surface area contributed by atoms with Crippen molar-refractivity contribution in [3.05, 3.63) is 59.7 Å². The van der Waals surface area contributed by atoms with Gasteiger partial charge in [0.05, 0.1) is 5.56 Å². The van der Waals surface area contributed by atoms with Gasteiger partial charge in [-0.15, -0.1) is 0 Å². The molecule has 1 aliphatic rings. The van der Waals surface area contributed by atoms with E-state index in [1.54, 1.807) is 24.3 Å². The molecule has 1 amide bonds. The molecule has 0 unspecified atom stereocenters. The number of amides is 1. The first kappa shape index (κ1) is 16.8. The van der Waals surface area contributed by atoms with Crippen LogP contribution >= 0.6 is 0 Å². The fourth-order valence-electron chi connectivity index (χ4n) is 2.79. The number of ether oxygens (including phenoxy) is 3. The summed E-state index contributed by atoms with van der Waals surface area (Å²) >= 11 is 0. The summed E-state index contributed by atoms with van der Waals surface area (Å²) in [7, 11) is 0. The molecule has 0 saturated carbocycles. The second kappa shape index (κ2) is 7.25. The van der Waals surface area contributed by atoms with Crippen LogP contribution in [0, 0.1) is 0 Å². The highest BCUT2D eigenvalue weighted by Crippen LogP contribution is 2.37. The lowest BCUT2D eigenvalue weighted by Gasteiger charge is -2.15. The third kappa shape index (κ3) is 3.57. The molecule has 1 heterocycles. The molecular weight excluding hydrogens is 322 g/mol. The van der Waals surface area contributed by atoms with Gasteiger partial charge in [-0.05, 0) is 18.2 Å². The van der Waals surface area contributed by atoms with Gasteiger partial charge in [0.1, 0.15) is 24.7 Å². The number of benzene rings is 2. The third-order valence-electron chi connectivity index (χ3n) is 4.09. The largest absolute Gasteiger partial charge is 0.489 e. The number of fused-ring (bicyclic) bond motifs is 1. The van der Waals surface area contributed by atoms with E-state index >= 15 is 0 Å². The predicted octanol–water partition coefficient (Wildman–Crippen LogP) is 2.27. The van der Waals surface area contributed by atoms with Gasteiger partial charge < -0.3 is 19.9 Å². The normalized spacial score (nSPS) is 18.1. The summed E-state index contributed by atoms with van der Waals surface area (Å²) in [6.45, 7) is 2.09. The Morgan fingerprint density at radius 3 is 2.56 bits per heavy atom. The first-order valence-electron chi connectivity index (χ1n) is 8.02. The van der Waals surface area contributed by atoms with Crippen molar-refractivity contribution in [1.82, 2.24) is 0 Å². The lowest BCUT2D eigenvalue weighted by molar-refractivity contribution is -0.152. The van der Waals surface area contributed by atoms with Gasteiger partial charge in [-0.2, -0.15) is 0 Å². The number of carbonyl (C=O) groups is 2. The van der Waals surface area contributed by atoms with Crippen molar-refractivity contribution in [2.75, 3.05) is 13.2 Å². The van der Waals surface area contributed by atoms with E-state index in [1.165, 1.54) is 0 Å². The molecule has 2 aromatic rings. The number of hydrogen-bond acceptors (Lipinski definition) is 5. The van der Waals surface area contributed by atoms with Crippen LogP contribution in [0.4, 0.5) is 0 Å². The number of rotatable bonds is 6. The standard InChI is InChI=1S/C19H19NO5/c1-12-13-6-2-5-9-16(13)25-17(12)19(22)24-11-10-23-15-8-4-3-7-14(15)18(20)21/h2-9,12,17H,10-11H2,1H3,(H2,20,21)/t12-,17+/m0/s1. The Morgan fingerprint density at radius 2 is 1.80 bits per heavy atom. The van der Waals surface area contributed by atoms with Crippen LogP contribution in [0.5, 0.6) is 11.5 Å². The van der Waals surface area contributed by atoms with Crippen molar-refractivity contribution in [2.24, 2.45) is 5.73 Å². The maximum Gasteiger partial charge on any atom is 0.348 e. The molecule has 25 heavy (non-hydrogen) atoms. The average molecular weight is 341 g/mol. The van der Waals surface area contributed by atoms with Crippen molar-refractivity contribution in [1.29, 1.82) is 0 Å². The molecule has 0 saturated heterocycles. The third-order valence-corrected chi connectivity index (χ3v) is 4.09. The van der Waals surface area contributed by atoms with Crippen LogP contribution in [-0.2, 0) is 9.53 Å². The molecule has 0 aromatic heterocycles. The first-order chi connectivity index (χ1) is 12.1. The molecule has 0 aliphatic carbocycles. The van der Waals surface area contributed by atoms with Gasteiger partial charge in [0.25, 0.3) is 5.91 Å². The highest BCUT2D eigenvalue weighted by atomic mass is 16.6. The van der Waals surface area contributed by atoms with Crippen LogP contribution in [0.2, 0.25) is 0 Å². The number of primary amides is 1. The summed E-state index contributed by atoms with van der Waals surface area (Å²) in [4.78, 5) is 23.6. The highest BCUT2D eigenvalue weighted by molar-refractivity contribution is 5.95. The topological polar surface area (TPSA) is 87.8 Å². The smallest absolute Gasteiger partial charge is 0.348 e. The summed E-state index contributed by atoms with van der Waals surface area (Å²) in [5.74, 6) is 0.00163. The molecule has 2 N–H and O–H groups in total. The zero-order chi connectivity index (χ0) is 17.8. The van der Waals surface area contributed by atoms with Crippen molar-refractivity contribution in [3.8, 4) is 11.5 Å². The lowest BCUT2D eigenvalue weighted by Crippen LogP contribution is -2.31. The molecule has 0 bridgehead atoms. The van der Waals surface area contributed by atoms with Crippen LogP contribution in [0.1, 0.15) is 28.8 Å². The van der Waals surface area contributed by atoms with Crippen molar-refractivity contribution < 1.29 is 23.8 Å². The minimum Gasteiger partial charge on any atom is -0.489 e. The van der Waals surface area contributed by atoms with Crippen molar-refractivity contribution in [3.63, 3.8) is 0 Å². The summed E-state index contributed by atoms with van der Waals surface area (Å²) in [6.07, 6.45) is -0.657. The zero-order valence-corrected chi connectivity index (χ0v) is 13.8. The second-order valence-corrected chi connectivity index (χ2v) is 5.74. The second-order valence-electron chi connectivity index (χ2n) is 5.74. The van der Waals surface area contributed by atoms with Gasteiger partial charge in [0.2, 0.25) is 6.10 Å². The average Bonchev–Trinajstić information content (AvgIpc) is 2.96. The fourth-order valence-corrected chi connectivity index (χ4v) is 2.79. The SMILES string of the molecule is C[C@H]1c2ccccc2O[C@H]1C(=O)OCCOc1ccccc1C(N)=O. The molecule has 6 heteroatoms. The van der Waals surface area contributed by atoms with Crippen LogP contribution in [0.15, 0.2) is 48.5 Å². The zero-order valence-electron chi connectivity index (χ0n) is 13.8. The van der Waals surface area contributed by atoms with Gasteiger partial charge in [-0.3, -0.25) is 4.79 Å². The van der Waals surface area contributed by atoms with E-state index in [4.69, 9.17) is 19.9 Å². The molecule has 6 nitrogen and oxygen atoms in total. The summed E-state index contributed by atoms with van der Waals surface area (Å²) in [5, 5.41) is 0. The van der Waals surface area contributed by atoms with Crippen LogP contribution < -0.4 is 15.2 Å². The lowest BCUT2D eigenvalue weighted by atomic mass is 9.98. The molecule has 3 rings (SSSR count). The van der Waals surface area contributed by atoms with E-state index in [-0.39, 0.29) is 24.7 Å². The number of hydrogen-bond donors (Lipinski definition) is 1. The molecule has 1 aliphatic heterocycles. The van der Waals surface area contributed by atoms with Crippen LogP contribution in [0.3, 0.4) is 0 Å². The first-order valence-corrected chi connectivity index (χ1v) is 8.02. The van der Waals surface area contributed by atoms with Crippen molar-refractivity contribution >= 4 is 11.9 Å². The van der Waals surface area contributed by atoms with Gasteiger partial charge in [0.15, 0.2) is 0 Å². The summed E-state index contributed by atoms with van der Waals surface area (Å²) < 4.78 is 16.4. The Hall–Kier alpha value is -3.02. The minimum atomic E-state index is -0.657. The van der Waals surface area contributed by atoms with Crippen molar-refractivity contribution in [2.45, 2.75) is 18.9 Å². The molecule has 0 spiro atoms. The van der Waals surface area contributed by atoms with E-state index in [0.717, 1.165) is 5.56 Å². The summed E-state index contributed by atoms with van der Waals surface area (Å²) in [5.41, 5.74) is 6.57. The van der Waals surface area contributed by atoms with Crippen LogP contribution in [0.25, 0.3) is 0 Å². The van der Waals surface area contributed by atoms with Crippen LogP contribution in [-0.4, -0.2) is 31.2 Å². The fraction of sp³-hybridized carbons (Fsp3) is 0.263. The Labute approximate surface area is 145 Å². The number of nitrogens with two attached hydrogens (primary N) is 1. The van der Waals surface area contributed by atoms with E-state index in [0.29, 0.717) is 11.5 Å². The van der Waals surface area contributed by atoms with E-state index in [1.807, 2.05) is 31.2 Å². The monoisotopic (exact) mass is 341 g/mol.